The molecule has 726 valence electrons. The molecule has 0 radical (unpaired) electrons. The quantitative estimate of drug-likeness (QED) is 0.0673. The van der Waals surface area contributed by atoms with Crippen molar-refractivity contribution in [1.82, 2.24) is 40.4 Å². The molecule has 8 aromatic rings. The number of nitriles is 4. The third kappa shape index (κ3) is 28.3. The van der Waals surface area contributed by atoms with E-state index in [0.717, 1.165) is 138 Å². The predicted molar refractivity (Wildman–Crippen MR) is 496 cm³/mol. The Morgan fingerprint density at radius 1 is 0.393 bits per heavy atom. The highest BCUT2D eigenvalue weighted by molar-refractivity contribution is 5.98. The van der Waals surface area contributed by atoms with Crippen molar-refractivity contribution in [2.75, 3.05) is 124 Å². The lowest BCUT2D eigenvalue weighted by Crippen LogP contribution is -2.51. The number of aromatic nitrogens is 4. The number of rotatable bonds is 14. The second-order valence-electron chi connectivity index (χ2n) is 39.5. The van der Waals surface area contributed by atoms with E-state index < -0.39 is 65.6 Å². The van der Waals surface area contributed by atoms with Crippen LogP contribution in [0.2, 0.25) is 0 Å². The van der Waals surface area contributed by atoms with Gasteiger partial charge in [0.25, 0.3) is 0 Å². The fraction of sp³-hybridized carbons (Fsp3) is 0.574. The number of nitrogens with zero attached hydrogens (tertiary/aromatic N) is 14. The number of carbonyl (C=O) groups is 3. The third-order valence-electron chi connectivity index (χ3n) is 27.0. The van der Waals surface area contributed by atoms with Crippen LogP contribution in [0.1, 0.15) is 179 Å². The van der Waals surface area contributed by atoms with Gasteiger partial charge in [0.05, 0.1) is 68.0 Å². The minimum absolute atomic E-state index is 0.00895. The lowest BCUT2D eigenvalue weighted by atomic mass is 9.82. The number of piperidine rings is 8. The summed E-state index contributed by atoms with van der Waals surface area (Å²) >= 11 is 0. The van der Waals surface area contributed by atoms with Crippen molar-refractivity contribution in [3.05, 3.63) is 144 Å². The number of halogens is 12. The topological polar surface area (TPSA) is 286 Å². The Morgan fingerprint density at radius 3 is 0.993 bits per heavy atom. The van der Waals surface area contributed by atoms with Gasteiger partial charge in [0, 0.05) is 160 Å². The number of amides is 2. The van der Waals surface area contributed by atoms with Crippen LogP contribution in [0.4, 0.5) is 85.0 Å². The van der Waals surface area contributed by atoms with E-state index in [-0.39, 0.29) is 93.6 Å². The van der Waals surface area contributed by atoms with Crippen molar-refractivity contribution in [2.45, 2.75) is 199 Å². The standard InChI is InChI=1S/C28H35F3N4O2.2C23H27F3N4.C16H15F3N4.C11H19NO3/c1-27(2,3)37-26(36)34-13-5-6-19(16-34)8-9-20-14-22(28(29,30)31)18-35(17-20)24-11-10-21(15-32)25-23(24)7-4-12-33-25;2*24-23(25,26)19-11-17(6-5-16-3-1-9-28-13-16)14-30(15-19)21-8-7-18(12-27)22-20(21)4-2-10-29-22;17-16(18,19)11-6-12(21)9-23(8-11)14-4-3-10(7-20)15-13(14)2-1-5-22-15;1-11(2,3)15-10(14)12-6-4-5-9(7-12)8-13/h4,7,10-12,19-20,22H,5-6,8-9,13-14,16-18H2,1-3H3;2*2,4,7-8,10,16-17,19,28H,1,3,5-6,9,11,13-15H2;1-5,11-12H,6,8-9,21H2;8-9H,4-7H2,1-3H3/t19?,20-,22+;2*16?,17-,19+;11-,12+;/m1110./s1. The van der Waals surface area contributed by atoms with E-state index >= 15 is 0 Å². The molecule has 12 atom stereocenters. The van der Waals surface area contributed by atoms with E-state index in [4.69, 9.17) is 20.5 Å². The summed E-state index contributed by atoms with van der Waals surface area (Å²) < 4.78 is 174. The normalized spacial score (nSPS) is 23.8. The van der Waals surface area contributed by atoms with Gasteiger partial charge in [0.2, 0.25) is 0 Å². The first-order valence-electron chi connectivity index (χ1n) is 47.1. The zero-order valence-corrected chi connectivity index (χ0v) is 77.5. The molecule has 8 aliphatic heterocycles. The summed E-state index contributed by atoms with van der Waals surface area (Å²) in [4.78, 5) is 62.5. The monoisotopic (exact) mass is 1880 g/mol. The van der Waals surface area contributed by atoms with E-state index in [1.54, 1.807) is 118 Å². The number of nitrogens with two attached hydrogens (primary N) is 1. The van der Waals surface area contributed by atoms with Gasteiger partial charge in [-0.2, -0.15) is 73.7 Å². The Morgan fingerprint density at radius 2 is 0.689 bits per heavy atom. The SMILES string of the molecule is CC(C)(C)OC(=O)N1CCCC(C=O)C1.CC(C)(C)OC(=O)N1CCCC(CC[C@@H]2C[C@H](C(F)(F)F)CN(c3ccc(C#N)c4ncccc34)C2)C1.N#Cc1ccc(N2C[C@H](CCC3CCCNC3)C[C@H](C(F)(F)F)C2)c2cccnc12.N#Cc1ccc(N2C[C@H](CCC3CCCNC3)C[C@H](C(F)(F)F)C2)c2cccnc12.N#Cc1ccc(N2C[C@H](N)C[C@H](C(F)(F)F)C2)c2cccnc12. The van der Waals surface area contributed by atoms with Crippen molar-refractivity contribution >= 4 is 84.8 Å². The van der Waals surface area contributed by atoms with E-state index in [1.165, 1.54) is 0 Å². The molecule has 0 aliphatic carbocycles. The number of ether oxygens (including phenoxy) is 2. The molecule has 8 fully saturated rings. The van der Waals surface area contributed by atoms with Gasteiger partial charge < -0.3 is 60.0 Å². The first kappa shape index (κ1) is 103. The molecule has 4 N–H and O–H groups in total. The second-order valence-corrected chi connectivity index (χ2v) is 39.5. The number of aldehydes is 1. The minimum atomic E-state index is -4.28. The molecule has 4 aromatic heterocycles. The van der Waals surface area contributed by atoms with Crippen LogP contribution < -0.4 is 36.0 Å². The molecule has 12 heterocycles. The lowest BCUT2D eigenvalue weighted by Gasteiger charge is -2.41. The largest absolute Gasteiger partial charge is 0.444 e. The van der Waals surface area contributed by atoms with Crippen LogP contribution in [-0.2, 0) is 14.3 Å². The molecule has 0 bridgehead atoms. The Kier molecular flexibility index (Phi) is 34.8. The molecule has 34 heteroatoms. The molecule has 2 amide bonds. The van der Waals surface area contributed by atoms with Crippen LogP contribution in [-0.4, -0.2) is 195 Å². The smallest absolute Gasteiger partial charge is 0.410 e. The van der Waals surface area contributed by atoms with E-state index in [1.807, 2.05) is 74.4 Å². The Balaban J connectivity index is 0.000000156. The summed E-state index contributed by atoms with van der Waals surface area (Å²) in [6, 6.07) is 35.7. The summed E-state index contributed by atoms with van der Waals surface area (Å²) in [5.74, 6) is -4.27. The highest BCUT2D eigenvalue weighted by Gasteiger charge is 2.49. The summed E-state index contributed by atoms with van der Waals surface area (Å²) in [6.45, 7) is 19.3. The maximum atomic E-state index is 14.0. The van der Waals surface area contributed by atoms with Gasteiger partial charge >= 0.3 is 36.9 Å². The fourth-order valence-corrected chi connectivity index (χ4v) is 20.4. The summed E-state index contributed by atoms with van der Waals surface area (Å²) in [5, 5.41) is 47.0. The molecule has 0 saturated carbocycles. The van der Waals surface area contributed by atoms with Gasteiger partial charge in [0.1, 0.15) is 41.8 Å². The zero-order valence-electron chi connectivity index (χ0n) is 77.5. The summed E-state index contributed by atoms with van der Waals surface area (Å²) in [5.41, 5.74) is 11.4. The average molecular weight is 1880 g/mol. The third-order valence-corrected chi connectivity index (χ3v) is 27.0. The fourth-order valence-electron chi connectivity index (χ4n) is 20.4. The van der Waals surface area contributed by atoms with Gasteiger partial charge in [-0.15, -0.1) is 0 Å². The second kappa shape index (κ2) is 45.7. The molecular weight excluding hydrogens is 1760 g/mol. The predicted octanol–water partition coefficient (Wildman–Crippen LogP) is 21.0. The van der Waals surface area contributed by atoms with Gasteiger partial charge in [-0.05, 0) is 316 Å². The molecule has 8 aliphatic rings. The van der Waals surface area contributed by atoms with E-state index in [2.05, 4.69) is 54.8 Å². The first-order chi connectivity index (χ1) is 64.2. The molecule has 4 aromatic carbocycles. The van der Waals surface area contributed by atoms with Crippen LogP contribution >= 0.6 is 0 Å². The van der Waals surface area contributed by atoms with Crippen LogP contribution in [0.25, 0.3) is 43.6 Å². The maximum absolute atomic E-state index is 14.0. The molecule has 135 heavy (non-hydrogen) atoms. The molecule has 16 rings (SSSR count). The number of fused-ring (bicyclic) bond motifs is 4. The number of pyridine rings is 4. The number of anilines is 4. The number of benzene rings is 4. The molecule has 22 nitrogen and oxygen atoms in total. The van der Waals surface area contributed by atoms with Crippen LogP contribution in [0.5, 0.6) is 0 Å². The van der Waals surface area contributed by atoms with Crippen molar-refractivity contribution in [1.29, 1.82) is 21.0 Å². The first-order valence-corrected chi connectivity index (χ1v) is 47.1. The van der Waals surface area contributed by atoms with Crippen molar-refractivity contribution in [2.24, 2.45) is 70.8 Å². The highest BCUT2D eigenvalue weighted by atomic mass is 19.4. The van der Waals surface area contributed by atoms with Gasteiger partial charge in [-0.1, -0.05) is 0 Å². The average Bonchev–Trinajstić information content (AvgIpc) is 0.787. The number of carbonyl (C=O) groups excluding carboxylic acids is 3. The summed E-state index contributed by atoms with van der Waals surface area (Å²) in [6.07, 6.45) is 3.43. The van der Waals surface area contributed by atoms with E-state index in [0.29, 0.717) is 137 Å². The Labute approximate surface area is 781 Å². The van der Waals surface area contributed by atoms with Crippen molar-refractivity contribution in [3.8, 4) is 24.3 Å². The molecule has 8 saturated heterocycles. The number of nitrogens with one attached hydrogen (secondary N) is 2. The van der Waals surface area contributed by atoms with Crippen LogP contribution in [0, 0.1) is 110 Å². The van der Waals surface area contributed by atoms with Crippen LogP contribution in [0.3, 0.4) is 0 Å². The number of likely N-dealkylation sites (tertiary alicyclic amines) is 2. The Bertz CT molecular complexity index is 5340. The minimum Gasteiger partial charge on any atom is -0.444 e. The number of hydrogen-bond acceptors (Lipinski definition) is 20. The zero-order chi connectivity index (χ0) is 97.2. The maximum Gasteiger partial charge on any atom is 0.410 e. The Hall–Kier alpha value is -11.1. The number of hydrogen-bond donors (Lipinski definition) is 3. The van der Waals surface area contributed by atoms with Crippen molar-refractivity contribution in [3.63, 3.8) is 0 Å². The molecule has 0 spiro atoms. The van der Waals surface area contributed by atoms with Crippen molar-refractivity contribution < 1.29 is 76.5 Å². The van der Waals surface area contributed by atoms with E-state index in [9.17, 15) is 82.9 Å². The summed E-state index contributed by atoms with van der Waals surface area (Å²) in [7, 11) is 0. The van der Waals surface area contributed by atoms with Gasteiger partial charge in [-0.3, -0.25) is 19.9 Å². The number of alkyl halides is 12. The molecular formula is C101H123F12N17O5. The highest BCUT2D eigenvalue weighted by Crippen LogP contribution is 2.47. The van der Waals surface area contributed by atoms with Gasteiger partial charge in [-0.25, -0.2) is 9.59 Å². The lowest BCUT2D eigenvalue weighted by molar-refractivity contribution is -0.180. The molecule has 4 unspecified atom stereocenters. The van der Waals surface area contributed by atoms with Crippen LogP contribution in [0.15, 0.2) is 122 Å². The van der Waals surface area contributed by atoms with Gasteiger partial charge in [0.15, 0.2) is 0 Å².